The highest BCUT2D eigenvalue weighted by molar-refractivity contribution is 14.1. The Bertz CT molecular complexity index is 984. The molecule has 0 aliphatic carbocycles. The van der Waals surface area contributed by atoms with Crippen LogP contribution >= 0.6 is 22.6 Å². The van der Waals surface area contributed by atoms with Crippen molar-refractivity contribution in [3.63, 3.8) is 0 Å². The fourth-order valence-corrected chi connectivity index (χ4v) is 3.97. The largest absolute Gasteiger partial charge is 0.497 e. The molecule has 6 nitrogen and oxygen atoms in total. The van der Waals surface area contributed by atoms with E-state index in [-0.39, 0.29) is 5.91 Å². The van der Waals surface area contributed by atoms with Crippen molar-refractivity contribution in [2.45, 2.75) is 0 Å². The Morgan fingerprint density at radius 3 is 2.28 bits per heavy atom. The van der Waals surface area contributed by atoms with Crippen molar-refractivity contribution in [1.29, 1.82) is 0 Å². The van der Waals surface area contributed by atoms with E-state index >= 15 is 0 Å². The van der Waals surface area contributed by atoms with Gasteiger partial charge in [-0.15, -0.1) is 10.2 Å². The highest BCUT2D eigenvalue weighted by Gasteiger charge is 2.24. The minimum absolute atomic E-state index is 0.0931. The molecule has 1 fully saturated rings. The maximum absolute atomic E-state index is 12.8. The van der Waals surface area contributed by atoms with E-state index in [4.69, 9.17) is 4.74 Å². The fraction of sp³-hybridized carbons (Fsp3) is 0.227. The summed E-state index contributed by atoms with van der Waals surface area (Å²) >= 11 is 2.21. The van der Waals surface area contributed by atoms with E-state index in [0.29, 0.717) is 13.1 Å². The molecule has 0 spiro atoms. The molecule has 0 atom stereocenters. The first-order valence-corrected chi connectivity index (χ1v) is 10.5. The third kappa shape index (κ3) is 4.34. The summed E-state index contributed by atoms with van der Waals surface area (Å²) in [7, 11) is 1.65. The van der Waals surface area contributed by atoms with Crippen LogP contribution in [-0.4, -0.2) is 54.3 Å². The lowest BCUT2D eigenvalue weighted by molar-refractivity contribution is 0.0745. The van der Waals surface area contributed by atoms with E-state index in [1.54, 1.807) is 7.11 Å². The van der Waals surface area contributed by atoms with E-state index in [1.165, 1.54) is 0 Å². The number of benzene rings is 2. The van der Waals surface area contributed by atoms with Crippen LogP contribution in [0.4, 0.5) is 5.82 Å². The van der Waals surface area contributed by atoms with Crippen LogP contribution in [0.15, 0.2) is 60.7 Å². The van der Waals surface area contributed by atoms with Gasteiger partial charge < -0.3 is 14.5 Å². The average molecular weight is 500 g/mol. The monoisotopic (exact) mass is 500 g/mol. The molecule has 1 aliphatic heterocycles. The smallest absolute Gasteiger partial charge is 0.255 e. The summed E-state index contributed by atoms with van der Waals surface area (Å²) in [4.78, 5) is 16.9. The second-order valence-corrected chi connectivity index (χ2v) is 7.93. The van der Waals surface area contributed by atoms with Crippen LogP contribution in [0.3, 0.4) is 0 Å². The summed E-state index contributed by atoms with van der Waals surface area (Å²) in [5.74, 6) is 1.75. The molecule has 0 N–H and O–H groups in total. The number of amides is 1. The quantitative estimate of drug-likeness (QED) is 0.512. The van der Waals surface area contributed by atoms with Gasteiger partial charge in [0.1, 0.15) is 5.75 Å². The number of ether oxygens (including phenoxy) is 1. The first kappa shape index (κ1) is 19.6. The molecule has 0 bridgehead atoms. The first-order chi connectivity index (χ1) is 14.2. The number of aromatic nitrogens is 2. The van der Waals surface area contributed by atoms with E-state index in [2.05, 4.69) is 37.7 Å². The van der Waals surface area contributed by atoms with Crippen molar-refractivity contribution in [3.05, 3.63) is 69.8 Å². The van der Waals surface area contributed by atoms with Crippen LogP contribution < -0.4 is 9.64 Å². The molecule has 7 heteroatoms. The van der Waals surface area contributed by atoms with Crippen LogP contribution in [0.5, 0.6) is 5.75 Å². The fourth-order valence-electron chi connectivity index (χ4n) is 3.35. The number of anilines is 1. The Morgan fingerprint density at radius 1 is 0.931 bits per heavy atom. The zero-order valence-corrected chi connectivity index (χ0v) is 18.2. The van der Waals surface area contributed by atoms with Crippen molar-refractivity contribution in [2.24, 2.45) is 0 Å². The van der Waals surface area contributed by atoms with Gasteiger partial charge in [0.05, 0.1) is 18.4 Å². The summed E-state index contributed by atoms with van der Waals surface area (Å²) in [6.07, 6.45) is 0. The number of hydrogen-bond donors (Lipinski definition) is 0. The van der Waals surface area contributed by atoms with Gasteiger partial charge in [-0.2, -0.15) is 0 Å². The number of halogens is 1. The van der Waals surface area contributed by atoms with Gasteiger partial charge in [-0.25, -0.2) is 0 Å². The van der Waals surface area contributed by atoms with Gasteiger partial charge >= 0.3 is 0 Å². The van der Waals surface area contributed by atoms with Crippen molar-refractivity contribution in [3.8, 4) is 17.0 Å². The maximum atomic E-state index is 12.8. The predicted octanol–water partition coefficient (Wildman–Crippen LogP) is 3.72. The molecule has 29 heavy (non-hydrogen) atoms. The number of rotatable bonds is 4. The van der Waals surface area contributed by atoms with Gasteiger partial charge in [-0.1, -0.05) is 12.1 Å². The van der Waals surface area contributed by atoms with Crippen LogP contribution in [0.25, 0.3) is 11.3 Å². The zero-order valence-electron chi connectivity index (χ0n) is 16.1. The van der Waals surface area contributed by atoms with Crippen LogP contribution in [-0.2, 0) is 0 Å². The second kappa shape index (κ2) is 8.77. The van der Waals surface area contributed by atoms with Crippen LogP contribution in [0, 0.1) is 3.57 Å². The minimum atomic E-state index is 0.0931. The lowest BCUT2D eigenvalue weighted by Crippen LogP contribution is -2.49. The molecule has 0 radical (unpaired) electrons. The Labute approximate surface area is 183 Å². The summed E-state index contributed by atoms with van der Waals surface area (Å²) in [5, 5.41) is 8.78. The SMILES string of the molecule is COc1ccc(-c2ccc(N3CCN(C(=O)c4ccccc4I)CC3)nn2)cc1. The minimum Gasteiger partial charge on any atom is -0.497 e. The molecule has 1 aromatic heterocycles. The van der Waals surface area contributed by atoms with Gasteiger partial charge in [-0.05, 0) is 71.1 Å². The highest BCUT2D eigenvalue weighted by atomic mass is 127. The van der Waals surface area contributed by atoms with Crippen LogP contribution in [0.1, 0.15) is 10.4 Å². The molecule has 0 unspecified atom stereocenters. The Hall–Kier alpha value is -2.68. The van der Waals surface area contributed by atoms with Gasteiger partial charge in [-0.3, -0.25) is 4.79 Å². The molecule has 1 aliphatic rings. The summed E-state index contributed by atoms with van der Waals surface area (Å²) in [6, 6.07) is 19.4. The second-order valence-electron chi connectivity index (χ2n) is 6.76. The first-order valence-electron chi connectivity index (χ1n) is 9.42. The van der Waals surface area contributed by atoms with E-state index in [1.807, 2.05) is 65.6 Å². The van der Waals surface area contributed by atoms with Gasteiger partial charge in [0.15, 0.2) is 5.82 Å². The van der Waals surface area contributed by atoms with Crippen LogP contribution in [0.2, 0.25) is 0 Å². The third-order valence-corrected chi connectivity index (χ3v) is 5.97. The Balaban J connectivity index is 1.39. The lowest BCUT2D eigenvalue weighted by Gasteiger charge is -2.35. The van der Waals surface area contributed by atoms with Crippen molar-refractivity contribution in [2.75, 3.05) is 38.2 Å². The molecule has 0 saturated carbocycles. The molecular weight excluding hydrogens is 479 g/mol. The maximum Gasteiger partial charge on any atom is 0.255 e. The summed E-state index contributed by atoms with van der Waals surface area (Å²) in [6.45, 7) is 2.83. The number of hydrogen-bond acceptors (Lipinski definition) is 5. The number of carbonyl (C=O) groups excluding carboxylic acids is 1. The van der Waals surface area contributed by atoms with Gasteiger partial charge in [0, 0.05) is 35.3 Å². The van der Waals surface area contributed by atoms with Crippen molar-refractivity contribution in [1.82, 2.24) is 15.1 Å². The molecule has 148 valence electrons. The third-order valence-electron chi connectivity index (χ3n) is 5.03. The predicted molar refractivity (Wildman–Crippen MR) is 121 cm³/mol. The van der Waals surface area contributed by atoms with Crippen molar-refractivity contribution >= 4 is 34.3 Å². The normalized spacial score (nSPS) is 14.0. The topological polar surface area (TPSA) is 58.6 Å². The molecule has 1 saturated heterocycles. The Kier molecular flexibility index (Phi) is 5.94. The molecule has 2 aromatic carbocycles. The van der Waals surface area contributed by atoms with E-state index in [0.717, 1.165) is 45.0 Å². The standard InChI is InChI=1S/C22H21IN4O2/c1-29-17-8-6-16(7-9-17)20-10-11-21(25-24-20)26-12-14-27(15-13-26)22(28)18-4-2-3-5-19(18)23/h2-11H,12-15H2,1H3. The van der Waals surface area contributed by atoms with Crippen molar-refractivity contribution < 1.29 is 9.53 Å². The molecule has 4 rings (SSSR count). The molecular formula is C22H21IN4O2. The number of methoxy groups -OCH3 is 1. The lowest BCUT2D eigenvalue weighted by atomic mass is 10.1. The number of carbonyl (C=O) groups is 1. The number of nitrogens with zero attached hydrogens (tertiary/aromatic N) is 4. The summed E-state index contributed by atoms with van der Waals surface area (Å²) < 4.78 is 6.18. The summed E-state index contributed by atoms with van der Waals surface area (Å²) in [5.41, 5.74) is 2.59. The molecule has 3 aromatic rings. The molecule has 1 amide bonds. The zero-order chi connectivity index (χ0) is 20.2. The van der Waals surface area contributed by atoms with Gasteiger partial charge in [0.25, 0.3) is 5.91 Å². The number of piperazine rings is 1. The van der Waals surface area contributed by atoms with E-state index in [9.17, 15) is 4.79 Å². The van der Waals surface area contributed by atoms with Gasteiger partial charge in [0.2, 0.25) is 0 Å². The highest BCUT2D eigenvalue weighted by Crippen LogP contribution is 2.22. The van der Waals surface area contributed by atoms with E-state index < -0.39 is 0 Å². The Morgan fingerprint density at radius 2 is 1.66 bits per heavy atom. The molecule has 2 heterocycles. The average Bonchev–Trinajstić information content (AvgIpc) is 2.79.